The van der Waals surface area contributed by atoms with Gasteiger partial charge in [-0.3, -0.25) is 0 Å². The molecule has 0 saturated heterocycles. The topological polar surface area (TPSA) is 30.9 Å². The first-order valence-electron chi connectivity index (χ1n) is 10.2. The molecule has 0 radical (unpaired) electrons. The number of hydrogen-bond acceptors (Lipinski definition) is 4. The highest BCUT2D eigenvalue weighted by molar-refractivity contribution is 6.89. The Morgan fingerprint density at radius 2 is 1.36 bits per heavy atom. The summed E-state index contributed by atoms with van der Waals surface area (Å²) in [6.45, 7) is 23.4. The summed E-state index contributed by atoms with van der Waals surface area (Å²) in [5, 5.41) is 0. The standard InChI is InChI=1S/C18H45NO3Si3/c1-9-21-18(22-10-2)17-23-16-12-15-20-14-11-13-19(24(3,4)5)25(6,7)8/h18H,9-17,23H2,1-8H3. The molecule has 0 saturated carbocycles. The van der Waals surface area contributed by atoms with Crippen molar-refractivity contribution < 1.29 is 14.2 Å². The Bertz CT molecular complexity index is 300. The summed E-state index contributed by atoms with van der Waals surface area (Å²) in [6.07, 6.45) is 2.41. The molecule has 0 aromatic carbocycles. The smallest absolute Gasteiger partial charge is 0.154 e. The molecule has 0 aliphatic carbocycles. The van der Waals surface area contributed by atoms with Crippen LogP contribution in [0.15, 0.2) is 0 Å². The van der Waals surface area contributed by atoms with E-state index >= 15 is 0 Å². The lowest BCUT2D eigenvalue weighted by Crippen LogP contribution is -2.59. The lowest BCUT2D eigenvalue weighted by Gasteiger charge is -2.43. The fourth-order valence-electron chi connectivity index (χ4n) is 3.38. The average Bonchev–Trinajstić information content (AvgIpc) is 2.46. The Labute approximate surface area is 162 Å². The van der Waals surface area contributed by atoms with E-state index in [-0.39, 0.29) is 15.8 Å². The predicted molar refractivity (Wildman–Crippen MR) is 119 cm³/mol. The minimum atomic E-state index is -1.21. The minimum absolute atomic E-state index is 0.0386. The third-order valence-corrected chi connectivity index (χ3v) is 13.8. The zero-order valence-corrected chi connectivity index (χ0v) is 21.7. The largest absolute Gasteiger partial charge is 0.381 e. The molecule has 0 rings (SSSR count). The molecule has 0 aliphatic heterocycles. The summed E-state index contributed by atoms with van der Waals surface area (Å²) in [7, 11) is -2.52. The summed E-state index contributed by atoms with van der Waals surface area (Å²) in [5.74, 6) is 0. The SMILES string of the molecule is CCOC(C[SiH2]CCCOCCCN([Si](C)(C)C)[Si](C)(C)C)OCC. The van der Waals surface area contributed by atoms with Gasteiger partial charge in [0.1, 0.15) is 16.5 Å². The summed E-state index contributed by atoms with van der Waals surface area (Å²) in [4.78, 5) is 0. The van der Waals surface area contributed by atoms with Gasteiger partial charge in [-0.05, 0) is 39.3 Å². The van der Waals surface area contributed by atoms with Gasteiger partial charge in [0.2, 0.25) is 0 Å². The maximum atomic E-state index is 5.88. The van der Waals surface area contributed by atoms with Crippen molar-refractivity contribution in [3.63, 3.8) is 0 Å². The molecule has 25 heavy (non-hydrogen) atoms. The van der Waals surface area contributed by atoms with Crippen molar-refractivity contribution in [2.24, 2.45) is 0 Å². The van der Waals surface area contributed by atoms with E-state index in [1.165, 1.54) is 25.4 Å². The number of ether oxygens (including phenoxy) is 3. The first kappa shape index (κ1) is 25.5. The molecule has 0 aliphatic rings. The molecule has 0 aromatic rings. The van der Waals surface area contributed by atoms with E-state index in [1.807, 2.05) is 13.8 Å². The molecule has 0 bridgehead atoms. The zero-order chi connectivity index (χ0) is 19.3. The second kappa shape index (κ2) is 13.6. The van der Waals surface area contributed by atoms with Crippen LogP contribution in [0.3, 0.4) is 0 Å². The second-order valence-corrected chi connectivity index (χ2v) is 20.9. The van der Waals surface area contributed by atoms with Crippen LogP contribution >= 0.6 is 0 Å². The van der Waals surface area contributed by atoms with Crippen LogP contribution in [0.4, 0.5) is 0 Å². The maximum absolute atomic E-state index is 5.88. The second-order valence-electron chi connectivity index (χ2n) is 8.65. The van der Waals surface area contributed by atoms with E-state index in [1.54, 1.807) is 0 Å². The molecule has 0 aromatic heterocycles. The molecule has 7 heteroatoms. The van der Waals surface area contributed by atoms with Crippen molar-refractivity contribution in [2.75, 3.05) is 33.0 Å². The van der Waals surface area contributed by atoms with Gasteiger partial charge in [0, 0.05) is 35.9 Å². The first-order valence-corrected chi connectivity index (χ1v) is 19.1. The van der Waals surface area contributed by atoms with Gasteiger partial charge >= 0.3 is 0 Å². The number of nitrogens with zero attached hydrogens (tertiary/aromatic N) is 1. The molecule has 0 fully saturated rings. The van der Waals surface area contributed by atoms with Gasteiger partial charge in [0.15, 0.2) is 6.29 Å². The fraction of sp³-hybridized carbons (Fsp3) is 1.00. The summed E-state index contributed by atoms with van der Waals surface area (Å²) in [5.41, 5.74) is 0. The normalized spacial score (nSPS) is 13.7. The Morgan fingerprint density at radius 3 is 1.84 bits per heavy atom. The fourth-order valence-corrected chi connectivity index (χ4v) is 14.6. The van der Waals surface area contributed by atoms with Gasteiger partial charge in [0.05, 0.1) is 0 Å². The molecule has 152 valence electrons. The monoisotopic (exact) mass is 407 g/mol. The Balaban J connectivity index is 3.73. The Morgan fingerprint density at radius 1 is 0.840 bits per heavy atom. The van der Waals surface area contributed by atoms with Crippen LogP contribution in [0.1, 0.15) is 26.7 Å². The van der Waals surface area contributed by atoms with Crippen LogP contribution in [0.2, 0.25) is 51.4 Å². The van der Waals surface area contributed by atoms with E-state index in [0.717, 1.165) is 32.5 Å². The number of rotatable bonds is 16. The van der Waals surface area contributed by atoms with Gasteiger partial charge in [-0.25, -0.2) is 0 Å². The van der Waals surface area contributed by atoms with Crippen molar-refractivity contribution >= 4 is 26.0 Å². The Kier molecular flexibility index (Phi) is 13.9. The van der Waals surface area contributed by atoms with E-state index in [0.29, 0.717) is 0 Å². The highest BCUT2D eigenvalue weighted by Crippen LogP contribution is 2.19. The van der Waals surface area contributed by atoms with Crippen LogP contribution in [-0.4, -0.2) is 69.5 Å². The minimum Gasteiger partial charge on any atom is -0.381 e. The molecule has 0 heterocycles. The van der Waals surface area contributed by atoms with Gasteiger partial charge in [0.25, 0.3) is 0 Å². The highest BCUT2D eigenvalue weighted by atomic mass is 28.4. The van der Waals surface area contributed by atoms with Crippen molar-refractivity contribution in [2.45, 2.75) is 84.3 Å². The van der Waals surface area contributed by atoms with E-state index < -0.39 is 16.5 Å². The summed E-state index contributed by atoms with van der Waals surface area (Å²) >= 11 is 0. The molecule has 4 nitrogen and oxygen atoms in total. The third kappa shape index (κ3) is 13.3. The molecule has 0 unspecified atom stereocenters. The van der Waals surface area contributed by atoms with Gasteiger partial charge in [-0.15, -0.1) is 0 Å². The number of hydrogen-bond donors (Lipinski definition) is 0. The van der Waals surface area contributed by atoms with Gasteiger partial charge in [-0.2, -0.15) is 0 Å². The first-order chi connectivity index (χ1) is 11.6. The van der Waals surface area contributed by atoms with Crippen molar-refractivity contribution in [1.82, 2.24) is 4.23 Å². The highest BCUT2D eigenvalue weighted by Gasteiger charge is 2.33. The van der Waals surface area contributed by atoms with Crippen LogP contribution in [-0.2, 0) is 14.2 Å². The molecular formula is C18H45NO3Si3. The zero-order valence-electron chi connectivity index (χ0n) is 18.3. The van der Waals surface area contributed by atoms with E-state index in [4.69, 9.17) is 14.2 Å². The van der Waals surface area contributed by atoms with E-state index in [9.17, 15) is 0 Å². The predicted octanol–water partition coefficient (Wildman–Crippen LogP) is 4.16. The molecule has 0 spiro atoms. The molecular weight excluding hydrogens is 362 g/mol. The van der Waals surface area contributed by atoms with Crippen LogP contribution < -0.4 is 0 Å². The average molecular weight is 408 g/mol. The van der Waals surface area contributed by atoms with Gasteiger partial charge < -0.3 is 18.4 Å². The molecule has 0 amide bonds. The van der Waals surface area contributed by atoms with Crippen molar-refractivity contribution in [3.05, 3.63) is 0 Å². The van der Waals surface area contributed by atoms with Crippen molar-refractivity contribution in [3.8, 4) is 0 Å². The molecule has 0 atom stereocenters. The summed E-state index contributed by atoms with van der Waals surface area (Å²) < 4.78 is 19.9. The van der Waals surface area contributed by atoms with Crippen LogP contribution in [0.5, 0.6) is 0 Å². The van der Waals surface area contributed by atoms with E-state index in [2.05, 4.69) is 43.5 Å². The maximum Gasteiger partial charge on any atom is 0.154 e. The molecule has 0 N–H and O–H groups in total. The van der Waals surface area contributed by atoms with Crippen molar-refractivity contribution in [1.29, 1.82) is 0 Å². The van der Waals surface area contributed by atoms with Gasteiger partial charge in [-0.1, -0.05) is 45.3 Å². The lowest BCUT2D eigenvalue weighted by molar-refractivity contribution is -0.123. The quantitative estimate of drug-likeness (QED) is 0.218. The third-order valence-electron chi connectivity index (χ3n) is 4.22. The lowest BCUT2D eigenvalue weighted by atomic mass is 10.4. The Hall–Kier alpha value is 0.491. The summed E-state index contributed by atoms with van der Waals surface area (Å²) in [6, 6.07) is 2.45. The van der Waals surface area contributed by atoms with Crippen LogP contribution in [0.25, 0.3) is 0 Å². The van der Waals surface area contributed by atoms with Crippen LogP contribution in [0, 0.1) is 0 Å².